The van der Waals surface area contributed by atoms with Crippen LogP contribution in [0.5, 0.6) is 0 Å². The van der Waals surface area contributed by atoms with E-state index in [9.17, 15) is 14.4 Å². The number of ether oxygens (including phenoxy) is 3. The largest absolute Gasteiger partial charge is 0.393 e. The molecule has 4 atom stereocenters. The molecule has 58 heavy (non-hydrogen) atoms. The molecule has 0 saturated carbocycles. The fraction of sp³-hybridized carbons (Fsp3) is 0.689. The molecule has 0 spiro atoms. The molecule has 0 amide bonds. The van der Waals surface area contributed by atoms with E-state index in [1.165, 1.54) is 17.8 Å². The molecule has 2 aliphatic heterocycles. The Morgan fingerprint density at radius 2 is 1.28 bits per heavy atom. The minimum Gasteiger partial charge on any atom is -0.393 e. The van der Waals surface area contributed by atoms with Gasteiger partial charge in [0.15, 0.2) is 11.6 Å². The second-order valence-electron chi connectivity index (χ2n) is 13.4. The maximum Gasteiger partial charge on any atom is 0.180 e. The van der Waals surface area contributed by atoms with E-state index >= 15 is 0 Å². The molecule has 2 heterocycles. The van der Waals surface area contributed by atoms with Crippen LogP contribution >= 0.6 is 67.8 Å². The SMILES string of the molecule is C=CCC(CCC)OCC(=O)C=C.C=CCC(O)CCC.CCCC1C=CC(=O)CCO1.CCCC1CCC(=O)CCO1.C[C-](C)I.C[C-](C)I.C[C-](C)I.[V].[V].[V]. The summed E-state index contributed by atoms with van der Waals surface area (Å²) in [6.07, 6.45) is 21.6. The van der Waals surface area contributed by atoms with Gasteiger partial charge in [0.1, 0.15) is 12.4 Å². The summed E-state index contributed by atoms with van der Waals surface area (Å²) in [4.78, 5) is 32.7. The zero-order valence-corrected chi connectivity index (χ0v) is 48.4. The number of hydrogen-bond acceptors (Lipinski definition) is 7. The molecule has 7 nitrogen and oxygen atoms in total. The molecule has 13 heteroatoms. The summed E-state index contributed by atoms with van der Waals surface area (Å²) in [5.41, 5.74) is 0. The van der Waals surface area contributed by atoms with Crippen molar-refractivity contribution in [3.63, 3.8) is 0 Å². The molecule has 0 aromatic carbocycles. The summed E-state index contributed by atoms with van der Waals surface area (Å²) in [5, 5.41) is 8.98. The van der Waals surface area contributed by atoms with Gasteiger partial charge in [-0.2, -0.15) is 41.5 Å². The molecule has 1 fully saturated rings. The number of carbonyl (C=O) groups excluding carboxylic acids is 3. The van der Waals surface area contributed by atoms with Crippen LogP contribution in [-0.2, 0) is 84.3 Å². The van der Waals surface area contributed by atoms with E-state index in [-0.39, 0.29) is 92.2 Å². The number of hydrogen-bond donors (Lipinski definition) is 1. The van der Waals surface area contributed by atoms with Crippen molar-refractivity contribution in [3.05, 3.63) is 61.9 Å². The topological polar surface area (TPSA) is 99.1 Å². The van der Waals surface area contributed by atoms with Crippen LogP contribution in [0.3, 0.4) is 0 Å². The molecule has 1 saturated heterocycles. The van der Waals surface area contributed by atoms with Gasteiger partial charge in [0.25, 0.3) is 0 Å². The van der Waals surface area contributed by atoms with Crippen molar-refractivity contribution in [3.8, 4) is 0 Å². The minimum atomic E-state index is -0.155. The normalized spacial score (nSPS) is 16.2. The zero-order chi connectivity index (χ0) is 43.5. The van der Waals surface area contributed by atoms with E-state index in [0.717, 1.165) is 77.0 Å². The molecule has 0 aromatic heterocycles. The van der Waals surface area contributed by atoms with Gasteiger partial charge in [0.05, 0.1) is 37.6 Å². The summed E-state index contributed by atoms with van der Waals surface area (Å²) in [6.45, 7) is 32.7. The van der Waals surface area contributed by atoms with Gasteiger partial charge < -0.3 is 87.1 Å². The number of ketones is 3. The van der Waals surface area contributed by atoms with Gasteiger partial charge in [0.2, 0.25) is 0 Å². The van der Waals surface area contributed by atoms with Crippen LogP contribution in [-0.4, -0.2) is 66.7 Å². The Morgan fingerprint density at radius 1 is 0.793 bits per heavy atom. The Kier molecular flexibility index (Phi) is 80.8. The summed E-state index contributed by atoms with van der Waals surface area (Å²) in [7, 11) is 0. The van der Waals surface area contributed by atoms with E-state index in [1.807, 2.05) is 12.2 Å². The Labute approximate surface area is 434 Å². The quantitative estimate of drug-likeness (QED) is 0.0711. The number of aliphatic hydroxyl groups excluding tert-OH is 1. The van der Waals surface area contributed by atoms with E-state index < -0.39 is 0 Å². The molecule has 341 valence electrons. The Morgan fingerprint density at radius 3 is 1.71 bits per heavy atom. The second-order valence-corrected chi connectivity index (χ2v) is 19.9. The molecule has 2 aliphatic rings. The van der Waals surface area contributed by atoms with Crippen molar-refractivity contribution in [1.82, 2.24) is 0 Å². The second kappa shape index (κ2) is 60.8. The predicted octanol–water partition coefficient (Wildman–Crippen LogP) is 13.8. The molecule has 3 radical (unpaired) electrons. The first kappa shape index (κ1) is 77.0. The molecule has 0 aromatic rings. The fourth-order valence-electron chi connectivity index (χ4n) is 4.23. The van der Waals surface area contributed by atoms with Crippen LogP contribution in [0.4, 0.5) is 0 Å². The van der Waals surface area contributed by atoms with Gasteiger partial charge in [-0.3, -0.25) is 26.2 Å². The Bertz CT molecular complexity index is 917. The molecular weight excluding hydrogens is 1190 g/mol. The minimum absolute atomic E-state index is 0. The van der Waals surface area contributed by atoms with Gasteiger partial charge in [-0.1, -0.05) is 78.2 Å². The van der Waals surface area contributed by atoms with Crippen molar-refractivity contribution in [2.24, 2.45) is 0 Å². The van der Waals surface area contributed by atoms with Gasteiger partial charge in [-0.25, -0.2) is 0 Å². The summed E-state index contributed by atoms with van der Waals surface area (Å²) < 4.78 is 20.4. The van der Waals surface area contributed by atoms with Crippen LogP contribution in [0.1, 0.15) is 159 Å². The number of halogens is 3. The number of aliphatic hydroxyl groups is 1. The van der Waals surface area contributed by atoms with Gasteiger partial charge >= 0.3 is 0 Å². The first-order valence-corrected chi connectivity index (χ1v) is 23.1. The molecular formula is C45H80I3O7V3-3. The van der Waals surface area contributed by atoms with Crippen molar-refractivity contribution in [1.29, 1.82) is 0 Å². The molecule has 0 bridgehead atoms. The first-order chi connectivity index (χ1) is 25.9. The van der Waals surface area contributed by atoms with Crippen molar-refractivity contribution < 1.29 is 89.4 Å². The van der Waals surface area contributed by atoms with Crippen molar-refractivity contribution in [2.45, 2.75) is 184 Å². The Balaban J connectivity index is -0.0000000868. The molecule has 4 unspecified atom stereocenters. The molecule has 2 rings (SSSR count). The average Bonchev–Trinajstić information content (AvgIpc) is 3.43. The smallest absolute Gasteiger partial charge is 0.180 e. The van der Waals surface area contributed by atoms with Crippen LogP contribution in [0.15, 0.2) is 50.1 Å². The van der Waals surface area contributed by atoms with Gasteiger partial charge in [0, 0.05) is 74.9 Å². The van der Waals surface area contributed by atoms with E-state index in [1.54, 1.807) is 12.2 Å². The van der Waals surface area contributed by atoms with Crippen LogP contribution in [0.2, 0.25) is 0 Å². The van der Waals surface area contributed by atoms with Gasteiger partial charge in [-0.05, 0) is 57.1 Å². The van der Waals surface area contributed by atoms with Crippen LogP contribution in [0.25, 0.3) is 0 Å². The zero-order valence-electron chi connectivity index (χ0n) is 37.7. The van der Waals surface area contributed by atoms with E-state index in [4.69, 9.17) is 19.3 Å². The van der Waals surface area contributed by atoms with Gasteiger partial charge in [-0.15, -0.1) is 13.2 Å². The maximum atomic E-state index is 11.0. The van der Waals surface area contributed by atoms with E-state index in [2.05, 4.69) is 157 Å². The van der Waals surface area contributed by atoms with Crippen LogP contribution < -0.4 is 0 Å². The standard InChI is InChI=1S/C11H18O2.C9H16O2.C9H14O2.C7H14O.3C3H6I.3V/c1-4-7-11(8-5-2)13-9-10(12)6-3;2*1-2-3-9-5-4-8(10)6-7-11-9;1-3-5-7(8)6-4-2;3*1-3(2)4;;;/h4,6,11H,1,3,5,7-9H2,2H3;9H,2-7H2,1H3;4-5,9H,2-3,6-7H2,1H3;3,7-8H,1,4-6H2,2H3;3*1-2H3;;;/q;;;;3*-1;;;. The van der Waals surface area contributed by atoms with E-state index in [0.29, 0.717) is 37.9 Å². The monoisotopic (exact) mass is 1270 g/mol. The number of allylic oxidation sites excluding steroid dienone is 1. The Hall–Kier alpha value is 1.75. The third-order valence-electron chi connectivity index (χ3n) is 6.63. The van der Waals surface area contributed by atoms with Crippen molar-refractivity contribution in [2.75, 3.05) is 19.8 Å². The fourth-order valence-corrected chi connectivity index (χ4v) is 4.23. The summed E-state index contributed by atoms with van der Waals surface area (Å²) in [6, 6.07) is 0. The number of carbonyl (C=O) groups is 3. The van der Waals surface area contributed by atoms with Crippen LogP contribution in [0, 0.1) is 11.8 Å². The van der Waals surface area contributed by atoms with Crippen molar-refractivity contribution >= 4 is 85.1 Å². The number of rotatable bonds is 16. The first-order valence-electron chi connectivity index (χ1n) is 19.9. The molecule has 1 N–H and O–H groups in total. The predicted molar refractivity (Wildman–Crippen MR) is 263 cm³/mol. The third-order valence-corrected chi connectivity index (χ3v) is 6.63. The summed E-state index contributed by atoms with van der Waals surface area (Å²) in [5.74, 6) is 0.484. The maximum absolute atomic E-state index is 11.0. The average molecular weight is 1270 g/mol. The molecule has 0 aliphatic carbocycles. The summed E-state index contributed by atoms with van der Waals surface area (Å²) >= 11 is 6.78. The third kappa shape index (κ3) is 78.3. The number of Topliss-reactive ketones (excluding diaryl/α,β-unsaturated/α-hetero) is 1.